The van der Waals surface area contributed by atoms with Gasteiger partial charge in [0.2, 0.25) is 5.91 Å². The number of benzene rings is 2. The number of amides is 3. The van der Waals surface area contributed by atoms with E-state index in [0.717, 1.165) is 13.6 Å². The Morgan fingerprint density at radius 3 is 2.33 bits per heavy atom. The van der Waals surface area contributed by atoms with Crippen molar-refractivity contribution in [2.45, 2.75) is 0 Å². The third-order valence-corrected chi connectivity index (χ3v) is 4.18. The molecule has 2 aromatic rings. The summed E-state index contributed by atoms with van der Waals surface area (Å²) in [7, 11) is 0. The standard InChI is InChI=1S/C16H16IN3O3S/c17-12-3-7-14(8-4-12)23-10-9-19-16(22)20(24)13-5-1-11(2-6-13)15(18)21/h1-8,24H,9-10H2,(H2,18,21)(H,19,22). The normalized spacial score (nSPS) is 10.1. The largest absolute Gasteiger partial charge is 0.492 e. The molecule has 0 fully saturated rings. The van der Waals surface area contributed by atoms with Crippen molar-refractivity contribution in [2.75, 3.05) is 17.5 Å². The van der Waals surface area contributed by atoms with E-state index in [0.29, 0.717) is 24.4 Å². The fourth-order valence-corrected chi connectivity index (χ4v) is 2.38. The van der Waals surface area contributed by atoms with Gasteiger partial charge < -0.3 is 15.8 Å². The predicted molar refractivity (Wildman–Crippen MR) is 104 cm³/mol. The van der Waals surface area contributed by atoms with Gasteiger partial charge >= 0.3 is 6.03 Å². The number of rotatable bonds is 6. The Bertz CT molecular complexity index is 708. The molecule has 0 aliphatic carbocycles. The average Bonchev–Trinajstić information content (AvgIpc) is 2.59. The van der Waals surface area contributed by atoms with Crippen LogP contribution < -0.4 is 20.1 Å². The third kappa shape index (κ3) is 5.31. The van der Waals surface area contributed by atoms with Crippen molar-refractivity contribution in [2.24, 2.45) is 5.73 Å². The van der Waals surface area contributed by atoms with Crippen LogP contribution in [0.3, 0.4) is 0 Å². The van der Waals surface area contributed by atoms with Crippen molar-refractivity contribution in [1.29, 1.82) is 0 Å². The molecule has 3 amide bonds. The molecule has 24 heavy (non-hydrogen) atoms. The highest BCUT2D eigenvalue weighted by Gasteiger charge is 2.12. The van der Waals surface area contributed by atoms with Crippen molar-refractivity contribution >= 4 is 53.0 Å². The van der Waals surface area contributed by atoms with E-state index in [1.54, 1.807) is 12.1 Å². The van der Waals surface area contributed by atoms with Crippen molar-refractivity contribution in [3.63, 3.8) is 0 Å². The maximum Gasteiger partial charge on any atom is 0.332 e. The van der Waals surface area contributed by atoms with Crippen LogP contribution in [-0.2, 0) is 0 Å². The van der Waals surface area contributed by atoms with Crippen LogP contribution in [0.5, 0.6) is 5.75 Å². The molecule has 0 saturated carbocycles. The topological polar surface area (TPSA) is 84.7 Å². The van der Waals surface area contributed by atoms with Gasteiger partial charge in [-0.05, 0) is 71.1 Å². The molecule has 6 nitrogen and oxygen atoms in total. The van der Waals surface area contributed by atoms with Crippen LogP contribution in [0.1, 0.15) is 10.4 Å². The molecule has 3 N–H and O–H groups in total. The number of nitrogens with two attached hydrogens (primary N) is 1. The number of thiol groups is 1. The second-order valence-corrected chi connectivity index (χ2v) is 6.40. The van der Waals surface area contributed by atoms with E-state index >= 15 is 0 Å². The SMILES string of the molecule is NC(=O)c1ccc(N(S)C(=O)NCCOc2ccc(I)cc2)cc1. The quantitative estimate of drug-likeness (QED) is 0.355. The Kier molecular flexibility index (Phi) is 6.73. The number of carbonyl (C=O) groups is 2. The molecule has 0 spiro atoms. The Morgan fingerprint density at radius 1 is 1.12 bits per heavy atom. The molecule has 2 aromatic carbocycles. The number of primary amides is 1. The van der Waals surface area contributed by atoms with E-state index < -0.39 is 11.9 Å². The summed E-state index contributed by atoms with van der Waals surface area (Å²) in [5.41, 5.74) is 6.07. The van der Waals surface area contributed by atoms with Gasteiger partial charge in [0.1, 0.15) is 12.4 Å². The second-order valence-electron chi connectivity index (χ2n) is 4.76. The fraction of sp³-hybridized carbons (Fsp3) is 0.125. The number of hydrogen-bond donors (Lipinski definition) is 3. The van der Waals surface area contributed by atoms with Gasteiger partial charge in [-0.1, -0.05) is 12.8 Å². The maximum absolute atomic E-state index is 12.0. The molecule has 0 bridgehead atoms. The summed E-state index contributed by atoms with van der Waals surface area (Å²) in [6.07, 6.45) is 0. The summed E-state index contributed by atoms with van der Waals surface area (Å²) in [6.45, 7) is 0.676. The first kappa shape index (κ1) is 18.4. The Labute approximate surface area is 159 Å². The Balaban J connectivity index is 1.79. The van der Waals surface area contributed by atoms with Crippen LogP contribution in [0, 0.1) is 3.57 Å². The lowest BCUT2D eigenvalue weighted by atomic mass is 10.2. The predicted octanol–water partition coefficient (Wildman–Crippen LogP) is 2.83. The zero-order valence-corrected chi connectivity index (χ0v) is 15.7. The second kappa shape index (κ2) is 8.78. The molecule has 0 atom stereocenters. The van der Waals surface area contributed by atoms with Crippen LogP contribution in [0.25, 0.3) is 0 Å². The van der Waals surface area contributed by atoms with Gasteiger partial charge in [0.25, 0.3) is 0 Å². The minimum absolute atomic E-state index is 0.335. The molecule has 0 aliphatic rings. The number of carbonyl (C=O) groups excluding carboxylic acids is 2. The van der Waals surface area contributed by atoms with Crippen molar-refractivity contribution < 1.29 is 14.3 Å². The van der Waals surface area contributed by atoms with Gasteiger partial charge in [-0.25, -0.2) is 9.10 Å². The highest BCUT2D eigenvalue weighted by molar-refractivity contribution is 14.1. The minimum atomic E-state index is -0.524. The van der Waals surface area contributed by atoms with Gasteiger partial charge in [-0.3, -0.25) is 4.79 Å². The molecule has 8 heteroatoms. The first-order valence-corrected chi connectivity index (χ1v) is 8.50. The van der Waals surface area contributed by atoms with Crippen molar-refractivity contribution in [1.82, 2.24) is 5.32 Å². The van der Waals surface area contributed by atoms with E-state index in [9.17, 15) is 9.59 Å². The smallest absolute Gasteiger partial charge is 0.332 e. The number of urea groups is 1. The number of ether oxygens (including phenoxy) is 1. The molecule has 0 heterocycles. The van der Waals surface area contributed by atoms with E-state index in [4.69, 9.17) is 10.5 Å². The molecule has 0 unspecified atom stereocenters. The van der Waals surface area contributed by atoms with Gasteiger partial charge in [0.15, 0.2) is 0 Å². The van der Waals surface area contributed by atoms with Gasteiger partial charge in [-0.2, -0.15) is 0 Å². The maximum atomic E-state index is 12.0. The van der Waals surface area contributed by atoms with Crippen LogP contribution in [0.4, 0.5) is 10.5 Å². The minimum Gasteiger partial charge on any atom is -0.492 e. The number of hydrogen-bond acceptors (Lipinski definition) is 4. The number of nitrogens with zero attached hydrogens (tertiary/aromatic N) is 1. The summed E-state index contributed by atoms with van der Waals surface area (Å²) < 4.78 is 7.80. The van der Waals surface area contributed by atoms with Gasteiger partial charge in [-0.15, -0.1) is 0 Å². The average molecular weight is 457 g/mol. The lowest BCUT2D eigenvalue weighted by Gasteiger charge is -2.17. The zero-order chi connectivity index (χ0) is 17.5. The fourth-order valence-electron chi connectivity index (χ4n) is 1.82. The van der Waals surface area contributed by atoms with Crippen LogP contribution in [0.2, 0.25) is 0 Å². The van der Waals surface area contributed by atoms with E-state index in [1.165, 1.54) is 12.1 Å². The molecule has 0 saturated heterocycles. The van der Waals surface area contributed by atoms with Gasteiger partial charge in [0, 0.05) is 9.13 Å². The van der Waals surface area contributed by atoms with Gasteiger partial charge in [0.05, 0.1) is 12.2 Å². The molecule has 0 aromatic heterocycles. The first-order valence-electron chi connectivity index (χ1n) is 7.02. The molecular formula is C16H16IN3O3S. The van der Waals surface area contributed by atoms with Crippen LogP contribution in [-0.4, -0.2) is 25.1 Å². The summed E-state index contributed by atoms with van der Waals surface area (Å²) >= 11 is 6.36. The van der Waals surface area contributed by atoms with Crippen molar-refractivity contribution in [3.8, 4) is 5.75 Å². The highest BCUT2D eigenvalue weighted by Crippen LogP contribution is 2.17. The van der Waals surface area contributed by atoms with E-state index in [1.807, 2.05) is 24.3 Å². The Hall–Kier alpha value is -1.94. The molecular weight excluding hydrogens is 441 g/mol. The molecule has 0 radical (unpaired) electrons. The lowest BCUT2D eigenvalue weighted by Crippen LogP contribution is -2.36. The lowest BCUT2D eigenvalue weighted by molar-refractivity contribution is 0.100. The van der Waals surface area contributed by atoms with Crippen molar-refractivity contribution in [3.05, 3.63) is 57.7 Å². The van der Waals surface area contributed by atoms with E-state index in [2.05, 4.69) is 40.7 Å². The molecule has 0 aliphatic heterocycles. The van der Waals surface area contributed by atoms with E-state index in [-0.39, 0.29) is 0 Å². The number of nitrogens with one attached hydrogen (secondary N) is 1. The summed E-state index contributed by atoms with van der Waals surface area (Å²) in [6, 6.07) is 13.5. The third-order valence-electron chi connectivity index (χ3n) is 3.05. The van der Waals surface area contributed by atoms with Crippen LogP contribution >= 0.6 is 35.4 Å². The summed E-state index contributed by atoms with van der Waals surface area (Å²) in [5, 5.41) is 2.69. The van der Waals surface area contributed by atoms with Crippen LogP contribution in [0.15, 0.2) is 48.5 Å². The number of anilines is 1. The summed E-state index contributed by atoms with van der Waals surface area (Å²) in [4.78, 5) is 23.0. The first-order chi connectivity index (χ1) is 11.5. The number of halogens is 1. The summed E-state index contributed by atoms with van der Waals surface area (Å²) in [5.74, 6) is 0.221. The monoisotopic (exact) mass is 457 g/mol. The Morgan fingerprint density at radius 2 is 1.75 bits per heavy atom. The highest BCUT2D eigenvalue weighted by atomic mass is 127. The zero-order valence-electron chi connectivity index (χ0n) is 12.6. The molecule has 2 rings (SSSR count). The molecule has 126 valence electrons.